The first kappa shape index (κ1) is 50.7. The fourth-order valence-electron chi connectivity index (χ4n) is 2.09. The van der Waals surface area contributed by atoms with Gasteiger partial charge in [0.1, 0.15) is 0 Å². The molecular formula is C12F27InO9S3. The van der Waals surface area contributed by atoms with Crippen LogP contribution in [-0.2, 0) is 37.3 Å². The van der Waals surface area contributed by atoms with Crippen molar-refractivity contribution in [2.45, 2.75) is 69.8 Å². The average molecular weight is 1010 g/mol. The van der Waals surface area contributed by atoms with E-state index in [0.29, 0.717) is 0 Å². The Morgan fingerprint density at radius 3 is 0.519 bits per heavy atom. The minimum absolute atomic E-state index is 1.96. The third-order valence-corrected chi connectivity index (χ3v) is 19.3. The fourth-order valence-corrected chi connectivity index (χ4v) is 15.7. The minimum atomic E-state index is -9.71. The summed E-state index contributed by atoms with van der Waals surface area (Å²) in [5, 5.41) is -26.0. The van der Waals surface area contributed by atoms with Crippen LogP contribution in [-0.4, -0.2) is 118 Å². The first-order chi connectivity index (χ1) is 21.8. The number of halogens is 27. The fraction of sp³-hybridized carbons (Fsp3) is 1.00. The van der Waals surface area contributed by atoms with Crippen molar-refractivity contribution >= 4 is 53.1 Å². The number of hydrogen-bond acceptors (Lipinski definition) is 9. The topological polar surface area (TPSA) is 130 Å². The maximum atomic E-state index is 13.8. The second kappa shape index (κ2) is 13.1. The van der Waals surface area contributed by atoms with Crippen LogP contribution in [0.1, 0.15) is 0 Å². The van der Waals surface area contributed by atoms with Crippen LogP contribution in [0.15, 0.2) is 0 Å². The van der Waals surface area contributed by atoms with E-state index in [9.17, 15) is 144 Å². The third kappa shape index (κ3) is 7.48. The summed E-state index contributed by atoms with van der Waals surface area (Å²) >= 11 is -9.71. The molecular weight excluding hydrogens is 1010 g/mol. The zero-order valence-electron chi connectivity index (χ0n) is 21.7. The van der Waals surface area contributed by atoms with Gasteiger partial charge in [-0.05, 0) is 0 Å². The second-order valence-electron chi connectivity index (χ2n) is 8.43. The van der Waals surface area contributed by atoms with Gasteiger partial charge < -0.3 is 0 Å². The van der Waals surface area contributed by atoms with Gasteiger partial charge in [-0.3, -0.25) is 0 Å². The van der Waals surface area contributed by atoms with Gasteiger partial charge in [-0.15, -0.1) is 0 Å². The summed E-state index contributed by atoms with van der Waals surface area (Å²) in [7, 11) is -28.0. The Morgan fingerprint density at radius 2 is 0.404 bits per heavy atom. The zero-order valence-corrected chi connectivity index (χ0v) is 27.4. The van der Waals surface area contributed by atoms with Gasteiger partial charge in [0.15, 0.2) is 0 Å². The van der Waals surface area contributed by atoms with Gasteiger partial charge in [0.05, 0.1) is 0 Å². The molecule has 0 aliphatic heterocycles. The normalized spacial score (nSPS) is 16.7. The van der Waals surface area contributed by atoms with Crippen molar-refractivity contribution in [2.75, 3.05) is 0 Å². The van der Waals surface area contributed by atoms with Gasteiger partial charge in [-0.1, -0.05) is 0 Å². The van der Waals surface area contributed by atoms with E-state index in [-0.39, 0.29) is 0 Å². The van der Waals surface area contributed by atoms with Crippen LogP contribution >= 0.6 is 0 Å². The quantitative estimate of drug-likeness (QED) is 0.174. The van der Waals surface area contributed by atoms with E-state index in [0.717, 1.165) is 0 Å². The molecule has 40 heteroatoms. The van der Waals surface area contributed by atoms with Crippen LogP contribution in [0.3, 0.4) is 0 Å². The van der Waals surface area contributed by atoms with Crippen LogP contribution in [0, 0.1) is 0 Å². The van der Waals surface area contributed by atoms with Crippen molar-refractivity contribution in [3.8, 4) is 0 Å². The molecule has 0 amide bonds. The standard InChI is InChI=1S/3C4HF9O3S.In/c3*5-1(6,3(9,10)11)2(7,8)4(12,13)17(14,15)16;/h3*(H,14,15,16);/q;;;+3/p-3. The van der Waals surface area contributed by atoms with Crippen molar-refractivity contribution in [3.63, 3.8) is 0 Å². The summed E-state index contributed by atoms with van der Waals surface area (Å²) in [4.78, 5) is 0. The molecule has 312 valence electrons. The predicted octanol–water partition coefficient (Wildman–Crippen LogP) is 6.29. The molecule has 52 heavy (non-hydrogen) atoms. The van der Waals surface area contributed by atoms with E-state index < -0.39 is 123 Å². The Morgan fingerprint density at radius 1 is 0.269 bits per heavy atom. The number of alkyl halides is 27. The van der Waals surface area contributed by atoms with Gasteiger partial charge in [0.25, 0.3) is 0 Å². The van der Waals surface area contributed by atoms with E-state index in [2.05, 4.69) is 0 Å². The van der Waals surface area contributed by atoms with Crippen LogP contribution < -0.4 is 0 Å². The van der Waals surface area contributed by atoms with Crippen LogP contribution in [0.25, 0.3) is 0 Å². The maximum absolute atomic E-state index is 13.8. The van der Waals surface area contributed by atoms with Crippen molar-refractivity contribution in [3.05, 3.63) is 0 Å². The molecule has 9 nitrogen and oxygen atoms in total. The molecule has 0 aliphatic rings. The Labute approximate surface area is 273 Å². The van der Waals surface area contributed by atoms with Crippen molar-refractivity contribution in [1.29, 1.82) is 0 Å². The molecule has 0 radical (unpaired) electrons. The average Bonchev–Trinajstić information content (AvgIpc) is 2.84. The molecule has 0 aliphatic carbocycles. The van der Waals surface area contributed by atoms with Crippen molar-refractivity contribution in [2.24, 2.45) is 0 Å². The van der Waals surface area contributed by atoms with E-state index >= 15 is 0 Å². The summed E-state index contributed by atoms with van der Waals surface area (Å²) in [5.41, 5.74) is 0. The molecule has 0 bridgehead atoms. The molecule has 0 aromatic heterocycles. The van der Waals surface area contributed by atoms with Gasteiger partial charge in [0, 0.05) is 0 Å². The zero-order chi connectivity index (χ0) is 43.2. The molecule has 0 aromatic rings. The molecule has 0 saturated heterocycles. The van der Waals surface area contributed by atoms with Crippen LogP contribution in [0.5, 0.6) is 0 Å². The van der Waals surface area contributed by atoms with Crippen LogP contribution in [0.4, 0.5) is 119 Å². The number of rotatable bonds is 15. The molecule has 0 atom stereocenters. The summed E-state index contributed by atoms with van der Waals surface area (Å²) in [6.07, 6.45) is -24.4. The third-order valence-electron chi connectivity index (χ3n) is 4.91. The number of hydrogen-bond donors (Lipinski definition) is 0. The molecule has 0 fully saturated rings. The Balaban J connectivity index is 7.87. The van der Waals surface area contributed by atoms with Gasteiger partial charge in [0.2, 0.25) is 0 Å². The van der Waals surface area contributed by atoms with Crippen molar-refractivity contribution in [1.82, 2.24) is 0 Å². The molecule has 0 heterocycles. The molecule has 0 rings (SSSR count). The SMILES string of the molecule is O=S(=O)([O][In]([O]S(=O)(=O)C(F)(F)C(F)(F)C(F)(F)C(F)(F)F)[O]S(=O)(=O)C(F)(F)C(F)(F)C(F)(F)C(F)(F)F)C(F)(F)C(F)(F)C(F)(F)C(F)(F)F. The van der Waals surface area contributed by atoms with E-state index in [4.69, 9.17) is 0 Å². The molecule has 0 N–H and O–H groups in total. The summed E-state index contributed by atoms with van der Waals surface area (Å²) in [6, 6.07) is 0. The molecule has 0 spiro atoms. The van der Waals surface area contributed by atoms with Gasteiger partial charge in [-0.25, -0.2) is 0 Å². The Bertz CT molecular complexity index is 1460. The summed E-state index contributed by atoms with van der Waals surface area (Å²) in [6.45, 7) is 0. The van der Waals surface area contributed by atoms with Crippen LogP contribution in [0.2, 0.25) is 0 Å². The summed E-state index contributed by atoms with van der Waals surface area (Å²) in [5.74, 6) is -51.8. The Hall–Kier alpha value is -1.29. The van der Waals surface area contributed by atoms with E-state index in [1.165, 1.54) is 0 Å². The first-order valence-corrected chi connectivity index (χ1v) is 18.4. The predicted molar refractivity (Wildman–Crippen MR) is 98.5 cm³/mol. The van der Waals surface area contributed by atoms with Gasteiger partial charge in [-0.2, -0.15) is 0 Å². The molecule has 0 aromatic carbocycles. The van der Waals surface area contributed by atoms with Gasteiger partial charge >= 0.3 is 274 Å². The van der Waals surface area contributed by atoms with E-state index in [1.807, 2.05) is 6.90 Å². The molecule has 0 saturated carbocycles. The van der Waals surface area contributed by atoms with Crippen molar-refractivity contribution < 1.29 is 151 Å². The Kier molecular flexibility index (Phi) is 12.8. The monoisotopic (exact) mass is 1010 g/mol. The second-order valence-corrected chi connectivity index (χ2v) is 19.9. The summed E-state index contributed by atoms with van der Waals surface area (Å²) < 4.78 is 427. The first-order valence-electron chi connectivity index (χ1n) is 10.2. The van der Waals surface area contributed by atoms with E-state index in [1.54, 1.807) is 0 Å². The molecule has 0 unspecified atom stereocenters.